The molecular formula is C21H21N5O2. The van der Waals surface area contributed by atoms with Crippen molar-refractivity contribution >= 4 is 22.7 Å². The highest BCUT2D eigenvalue weighted by molar-refractivity contribution is 5.98. The Morgan fingerprint density at radius 3 is 2.68 bits per heavy atom. The Bertz CT molecular complexity index is 1040. The van der Waals surface area contributed by atoms with Crippen LogP contribution in [-0.2, 0) is 0 Å². The molecule has 2 aromatic heterocycles. The van der Waals surface area contributed by atoms with Crippen molar-refractivity contribution < 1.29 is 9.59 Å². The van der Waals surface area contributed by atoms with Crippen molar-refractivity contribution in [2.45, 2.75) is 19.9 Å². The lowest BCUT2D eigenvalue weighted by Gasteiger charge is -2.39. The van der Waals surface area contributed by atoms with Gasteiger partial charge in [-0.25, -0.2) is 0 Å². The van der Waals surface area contributed by atoms with Gasteiger partial charge in [-0.3, -0.25) is 14.6 Å². The second-order valence-corrected chi connectivity index (χ2v) is 7.07. The van der Waals surface area contributed by atoms with Gasteiger partial charge in [0, 0.05) is 48.5 Å². The van der Waals surface area contributed by atoms with E-state index in [1.165, 1.54) is 6.20 Å². The second-order valence-electron chi connectivity index (χ2n) is 7.07. The van der Waals surface area contributed by atoms with E-state index in [1.807, 2.05) is 44.2 Å². The average Bonchev–Trinajstić information content (AvgIpc) is 2.73. The maximum absolute atomic E-state index is 13.0. The van der Waals surface area contributed by atoms with Gasteiger partial charge in [-0.1, -0.05) is 6.07 Å². The zero-order valence-corrected chi connectivity index (χ0v) is 15.9. The lowest BCUT2D eigenvalue weighted by molar-refractivity contribution is 0.0410. The maximum atomic E-state index is 13.0. The van der Waals surface area contributed by atoms with Crippen molar-refractivity contribution in [3.05, 3.63) is 65.6 Å². The molecule has 0 saturated carbocycles. The number of pyridine rings is 1. The van der Waals surface area contributed by atoms with Gasteiger partial charge in [0.25, 0.3) is 11.8 Å². The number of benzene rings is 1. The molecule has 1 aromatic carbocycles. The number of hydrogen-bond acceptors (Lipinski definition) is 5. The van der Waals surface area contributed by atoms with E-state index in [-0.39, 0.29) is 17.9 Å². The van der Waals surface area contributed by atoms with Crippen molar-refractivity contribution in [1.82, 2.24) is 25.0 Å². The first-order chi connectivity index (χ1) is 13.5. The van der Waals surface area contributed by atoms with Crippen LogP contribution < -0.4 is 0 Å². The van der Waals surface area contributed by atoms with E-state index in [0.29, 0.717) is 30.9 Å². The van der Waals surface area contributed by atoms with Gasteiger partial charge in [-0.05, 0) is 50.2 Å². The van der Waals surface area contributed by atoms with Gasteiger partial charge >= 0.3 is 0 Å². The van der Waals surface area contributed by atoms with E-state index in [1.54, 1.807) is 21.9 Å². The van der Waals surface area contributed by atoms with Gasteiger partial charge in [-0.2, -0.15) is 5.10 Å². The third kappa shape index (κ3) is 3.43. The molecule has 3 heterocycles. The number of piperazine rings is 1. The quantitative estimate of drug-likeness (QED) is 0.687. The molecule has 142 valence electrons. The first kappa shape index (κ1) is 18.0. The van der Waals surface area contributed by atoms with Gasteiger partial charge in [0.2, 0.25) is 0 Å². The molecule has 7 heteroatoms. The zero-order valence-electron chi connectivity index (χ0n) is 15.9. The predicted molar refractivity (Wildman–Crippen MR) is 105 cm³/mol. The Labute approximate surface area is 163 Å². The van der Waals surface area contributed by atoms with Gasteiger partial charge in [-0.15, -0.1) is 5.10 Å². The van der Waals surface area contributed by atoms with Crippen LogP contribution in [0.2, 0.25) is 0 Å². The molecule has 1 atom stereocenters. The highest BCUT2D eigenvalue weighted by Crippen LogP contribution is 2.19. The number of carbonyl (C=O) groups is 2. The molecule has 0 aliphatic carbocycles. The molecule has 0 N–H and O–H groups in total. The lowest BCUT2D eigenvalue weighted by atomic mass is 10.1. The Balaban J connectivity index is 1.48. The Morgan fingerprint density at radius 2 is 1.93 bits per heavy atom. The molecule has 7 nitrogen and oxygen atoms in total. The molecule has 3 aromatic rings. The minimum absolute atomic E-state index is 0.0269. The molecule has 0 radical (unpaired) electrons. The first-order valence-electron chi connectivity index (χ1n) is 9.28. The molecule has 1 saturated heterocycles. The standard InChI is InChI=1S/C21H21N5O2/c1-14-5-6-16-12-17(7-8-18(16)23-14)20(27)25-10-11-26(15(2)13-25)21(28)19-4-3-9-22-24-19/h3-9,12,15H,10-11,13H2,1-2H3/t15-/m0/s1. The molecule has 0 bridgehead atoms. The van der Waals surface area contributed by atoms with E-state index in [0.717, 1.165) is 16.6 Å². The van der Waals surface area contributed by atoms with Crippen LogP contribution in [0.5, 0.6) is 0 Å². The average molecular weight is 375 g/mol. The summed E-state index contributed by atoms with van der Waals surface area (Å²) in [6, 6.07) is 12.8. The van der Waals surface area contributed by atoms with Gasteiger partial charge in [0.15, 0.2) is 5.69 Å². The fourth-order valence-corrected chi connectivity index (χ4v) is 3.55. The van der Waals surface area contributed by atoms with Crippen LogP contribution in [0, 0.1) is 6.92 Å². The summed E-state index contributed by atoms with van der Waals surface area (Å²) in [4.78, 5) is 33.7. The molecular weight excluding hydrogens is 354 g/mol. The summed E-state index contributed by atoms with van der Waals surface area (Å²) in [6.07, 6.45) is 1.54. The maximum Gasteiger partial charge on any atom is 0.274 e. The molecule has 2 amide bonds. The molecule has 28 heavy (non-hydrogen) atoms. The molecule has 4 rings (SSSR count). The van der Waals surface area contributed by atoms with Crippen LogP contribution in [0.25, 0.3) is 10.9 Å². The summed E-state index contributed by atoms with van der Waals surface area (Å²) in [7, 11) is 0. The van der Waals surface area contributed by atoms with E-state index in [2.05, 4.69) is 15.2 Å². The van der Waals surface area contributed by atoms with Crippen molar-refractivity contribution in [3.8, 4) is 0 Å². The fourth-order valence-electron chi connectivity index (χ4n) is 3.55. The number of amides is 2. The summed E-state index contributed by atoms with van der Waals surface area (Å²) in [5, 5.41) is 8.61. The van der Waals surface area contributed by atoms with Crippen LogP contribution in [-0.4, -0.2) is 62.5 Å². The molecule has 0 spiro atoms. The van der Waals surface area contributed by atoms with Crippen LogP contribution in [0.3, 0.4) is 0 Å². The molecule has 0 unspecified atom stereocenters. The predicted octanol–water partition coefficient (Wildman–Crippen LogP) is 2.32. The summed E-state index contributed by atoms with van der Waals surface area (Å²) < 4.78 is 0. The summed E-state index contributed by atoms with van der Waals surface area (Å²) in [5.74, 6) is -0.180. The largest absolute Gasteiger partial charge is 0.335 e. The van der Waals surface area contributed by atoms with Crippen LogP contribution >= 0.6 is 0 Å². The summed E-state index contributed by atoms with van der Waals surface area (Å²) in [6.45, 7) is 5.33. The van der Waals surface area contributed by atoms with Gasteiger partial charge in [0.05, 0.1) is 5.52 Å². The number of hydrogen-bond donors (Lipinski definition) is 0. The second kappa shape index (κ2) is 7.34. The number of nitrogens with zero attached hydrogens (tertiary/aromatic N) is 5. The lowest BCUT2D eigenvalue weighted by Crippen LogP contribution is -2.55. The highest BCUT2D eigenvalue weighted by Gasteiger charge is 2.31. The third-order valence-electron chi connectivity index (χ3n) is 5.04. The van der Waals surface area contributed by atoms with E-state index < -0.39 is 0 Å². The van der Waals surface area contributed by atoms with E-state index >= 15 is 0 Å². The first-order valence-corrected chi connectivity index (χ1v) is 9.28. The number of fused-ring (bicyclic) bond motifs is 1. The SMILES string of the molecule is Cc1ccc2cc(C(=O)N3CCN(C(=O)c4cccnn4)[C@@H](C)C3)ccc2n1. The summed E-state index contributed by atoms with van der Waals surface area (Å²) >= 11 is 0. The third-order valence-corrected chi connectivity index (χ3v) is 5.04. The normalized spacial score (nSPS) is 17.0. The van der Waals surface area contributed by atoms with Gasteiger partial charge < -0.3 is 9.80 Å². The molecule has 1 fully saturated rings. The molecule has 1 aliphatic rings. The highest BCUT2D eigenvalue weighted by atomic mass is 16.2. The van der Waals surface area contributed by atoms with Crippen molar-refractivity contribution in [2.24, 2.45) is 0 Å². The van der Waals surface area contributed by atoms with E-state index in [4.69, 9.17) is 0 Å². The minimum Gasteiger partial charge on any atom is -0.335 e. The minimum atomic E-state index is -0.153. The summed E-state index contributed by atoms with van der Waals surface area (Å²) in [5.41, 5.74) is 2.79. The number of carbonyl (C=O) groups excluding carboxylic acids is 2. The van der Waals surface area contributed by atoms with E-state index in [9.17, 15) is 9.59 Å². The van der Waals surface area contributed by atoms with Gasteiger partial charge in [0.1, 0.15) is 0 Å². The number of rotatable bonds is 2. The van der Waals surface area contributed by atoms with Crippen molar-refractivity contribution in [1.29, 1.82) is 0 Å². The molecule has 1 aliphatic heterocycles. The van der Waals surface area contributed by atoms with Crippen LogP contribution in [0.15, 0.2) is 48.7 Å². The smallest absolute Gasteiger partial charge is 0.274 e. The topological polar surface area (TPSA) is 79.3 Å². The van der Waals surface area contributed by atoms with Crippen molar-refractivity contribution in [2.75, 3.05) is 19.6 Å². The Hall–Kier alpha value is -3.35. The van der Waals surface area contributed by atoms with Crippen LogP contribution in [0.1, 0.15) is 33.5 Å². The monoisotopic (exact) mass is 375 g/mol. The van der Waals surface area contributed by atoms with Crippen molar-refractivity contribution in [3.63, 3.8) is 0 Å². The zero-order chi connectivity index (χ0) is 19.7. The number of aryl methyl sites for hydroxylation is 1. The van der Waals surface area contributed by atoms with Crippen LogP contribution in [0.4, 0.5) is 0 Å². The Kier molecular flexibility index (Phi) is 4.73. The number of aromatic nitrogens is 3. The fraction of sp³-hybridized carbons (Fsp3) is 0.286. The Morgan fingerprint density at radius 1 is 1.07 bits per heavy atom.